The lowest BCUT2D eigenvalue weighted by Gasteiger charge is -2.21. The van der Waals surface area contributed by atoms with Crippen molar-refractivity contribution in [2.75, 3.05) is 13.1 Å². The number of thiocarbonyl (C=S) groups is 1. The molecule has 0 bridgehead atoms. The van der Waals surface area contributed by atoms with Gasteiger partial charge in [0.2, 0.25) is 0 Å². The summed E-state index contributed by atoms with van der Waals surface area (Å²) in [6.07, 6.45) is 0.824. The number of hydrogen-bond acceptors (Lipinski definition) is 3. The van der Waals surface area contributed by atoms with Gasteiger partial charge < -0.3 is 15.7 Å². The first-order chi connectivity index (χ1) is 8.45. The molecule has 3 N–H and O–H groups in total. The molecule has 4 nitrogen and oxygen atoms in total. The summed E-state index contributed by atoms with van der Waals surface area (Å²) in [6.45, 7) is 2.82. The quantitative estimate of drug-likeness (QED) is 0.609. The van der Waals surface area contributed by atoms with Crippen LogP contribution in [0.4, 0.5) is 0 Å². The summed E-state index contributed by atoms with van der Waals surface area (Å²) >= 11 is 6.84. The molecule has 0 aliphatic carbocycles. The number of nitrogens with two attached hydrogens (primary N) is 1. The molecular weight excluding hydrogens is 363 g/mol. The summed E-state index contributed by atoms with van der Waals surface area (Å²) in [5.74, 6) is -0.0652. The van der Waals surface area contributed by atoms with Crippen LogP contribution in [0.15, 0.2) is 18.2 Å². The second-order valence-electron chi connectivity index (χ2n) is 3.86. The molecule has 6 heteroatoms. The van der Waals surface area contributed by atoms with Crippen molar-refractivity contribution < 1.29 is 9.90 Å². The third-order valence-corrected chi connectivity index (χ3v) is 3.36. The highest BCUT2D eigenvalue weighted by atomic mass is 127. The molecule has 1 aromatic carbocycles. The molecule has 0 unspecified atom stereocenters. The van der Waals surface area contributed by atoms with E-state index in [1.54, 1.807) is 17.0 Å². The molecule has 0 saturated heterocycles. The van der Waals surface area contributed by atoms with E-state index < -0.39 is 0 Å². The SMILES string of the molecule is CCCN(CC(N)=S)C(=O)c1ccc(I)c(O)c1. The van der Waals surface area contributed by atoms with Crippen molar-refractivity contribution in [2.45, 2.75) is 13.3 Å². The van der Waals surface area contributed by atoms with Gasteiger partial charge in [-0.2, -0.15) is 0 Å². The number of aromatic hydroxyl groups is 1. The molecule has 0 saturated carbocycles. The van der Waals surface area contributed by atoms with Gasteiger partial charge in [-0.3, -0.25) is 4.79 Å². The van der Waals surface area contributed by atoms with Gasteiger partial charge in [0.15, 0.2) is 0 Å². The Balaban J connectivity index is 2.93. The molecule has 0 aliphatic heterocycles. The van der Waals surface area contributed by atoms with E-state index in [-0.39, 0.29) is 23.2 Å². The molecule has 1 rings (SSSR count). The number of nitrogens with zero attached hydrogens (tertiary/aromatic N) is 1. The minimum Gasteiger partial charge on any atom is -0.507 e. The molecule has 0 aromatic heterocycles. The molecule has 0 aliphatic rings. The van der Waals surface area contributed by atoms with Crippen molar-refractivity contribution in [3.63, 3.8) is 0 Å². The van der Waals surface area contributed by atoms with Crippen LogP contribution in [0.5, 0.6) is 5.75 Å². The zero-order valence-electron chi connectivity index (χ0n) is 10.0. The van der Waals surface area contributed by atoms with Crippen LogP contribution in [-0.4, -0.2) is 34.0 Å². The van der Waals surface area contributed by atoms with Gasteiger partial charge in [0.05, 0.1) is 15.1 Å². The number of rotatable bonds is 5. The fourth-order valence-electron chi connectivity index (χ4n) is 1.54. The van der Waals surface area contributed by atoms with Gasteiger partial charge in [0, 0.05) is 12.1 Å². The highest BCUT2D eigenvalue weighted by molar-refractivity contribution is 14.1. The van der Waals surface area contributed by atoms with Crippen LogP contribution < -0.4 is 5.73 Å². The van der Waals surface area contributed by atoms with E-state index in [2.05, 4.69) is 0 Å². The Labute approximate surface area is 125 Å². The fraction of sp³-hybridized carbons (Fsp3) is 0.333. The molecule has 1 amide bonds. The zero-order valence-corrected chi connectivity index (χ0v) is 13.0. The van der Waals surface area contributed by atoms with Crippen LogP contribution >= 0.6 is 34.8 Å². The number of halogens is 1. The summed E-state index contributed by atoms with van der Waals surface area (Å²) in [5.41, 5.74) is 5.92. The van der Waals surface area contributed by atoms with E-state index in [0.29, 0.717) is 15.7 Å². The highest BCUT2D eigenvalue weighted by Crippen LogP contribution is 2.21. The average molecular weight is 378 g/mol. The van der Waals surface area contributed by atoms with E-state index in [1.165, 1.54) is 6.07 Å². The van der Waals surface area contributed by atoms with Gasteiger partial charge in [-0.1, -0.05) is 19.1 Å². The third-order valence-electron chi connectivity index (χ3n) is 2.32. The third kappa shape index (κ3) is 4.09. The number of carbonyl (C=O) groups is 1. The van der Waals surface area contributed by atoms with Crippen LogP contribution in [0.2, 0.25) is 0 Å². The first-order valence-corrected chi connectivity index (χ1v) is 7.00. The molecule has 98 valence electrons. The molecule has 18 heavy (non-hydrogen) atoms. The van der Waals surface area contributed by atoms with Gasteiger partial charge in [-0.05, 0) is 47.2 Å². The molecule has 0 spiro atoms. The van der Waals surface area contributed by atoms with E-state index in [4.69, 9.17) is 18.0 Å². The van der Waals surface area contributed by atoms with E-state index in [0.717, 1.165) is 6.42 Å². The van der Waals surface area contributed by atoms with Crippen LogP contribution in [0.25, 0.3) is 0 Å². The van der Waals surface area contributed by atoms with Gasteiger partial charge in [0.25, 0.3) is 5.91 Å². The zero-order chi connectivity index (χ0) is 13.7. The van der Waals surface area contributed by atoms with Crippen molar-refractivity contribution >= 4 is 45.7 Å². The monoisotopic (exact) mass is 378 g/mol. The van der Waals surface area contributed by atoms with Crippen LogP contribution in [0.1, 0.15) is 23.7 Å². The maximum absolute atomic E-state index is 12.2. The summed E-state index contributed by atoms with van der Waals surface area (Å²) in [7, 11) is 0. The molecule has 0 fully saturated rings. The van der Waals surface area contributed by atoms with E-state index in [1.807, 2.05) is 29.5 Å². The Morgan fingerprint density at radius 2 is 2.22 bits per heavy atom. The Hall–Kier alpha value is -0.890. The number of carbonyl (C=O) groups excluding carboxylic acids is 1. The number of amides is 1. The minimum absolute atomic E-state index is 0.105. The lowest BCUT2D eigenvalue weighted by Crippen LogP contribution is -2.38. The standard InChI is InChI=1S/C12H15IN2O2S/c1-2-5-15(7-11(14)18)12(17)8-3-4-9(13)10(16)6-8/h3-4,6,16H,2,5,7H2,1H3,(H2,14,18). The molecule has 1 aromatic rings. The molecule has 0 heterocycles. The molecule has 0 radical (unpaired) electrons. The van der Waals surface area contributed by atoms with Gasteiger partial charge in [-0.15, -0.1) is 0 Å². The summed E-state index contributed by atoms with van der Waals surface area (Å²) in [5, 5.41) is 9.61. The predicted octanol–water partition coefficient (Wildman–Crippen LogP) is 2.14. The first kappa shape index (κ1) is 15.2. The fourth-order valence-corrected chi connectivity index (χ4v) is 2.03. The predicted molar refractivity (Wildman–Crippen MR) is 83.8 cm³/mol. The Morgan fingerprint density at radius 3 is 2.72 bits per heavy atom. The van der Waals surface area contributed by atoms with Crippen molar-refractivity contribution in [3.05, 3.63) is 27.3 Å². The summed E-state index contributed by atoms with van der Waals surface area (Å²) < 4.78 is 0.709. The largest absolute Gasteiger partial charge is 0.507 e. The summed E-state index contributed by atoms with van der Waals surface area (Å²) in [6, 6.07) is 4.85. The maximum Gasteiger partial charge on any atom is 0.254 e. The average Bonchev–Trinajstić information content (AvgIpc) is 2.31. The van der Waals surface area contributed by atoms with Crippen LogP contribution in [-0.2, 0) is 0 Å². The number of hydrogen-bond donors (Lipinski definition) is 2. The highest BCUT2D eigenvalue weighted by Gasteiger charge is 2.16. The Morgan fingerprint density at radius 1 is 1.56 bits per heavy atom. The van der Waals surface area contributed by atoms with Gasteiger partial charge >= 0.3 is 0 Å². The van der Waals surface area contributed by atoms with Gasteiger partial charge in [-0.25, -0.2) is 0 Å². The van der Waals surface area contributed by atoms with Crippen LogP contribution in [0.3, 0.4) is 0 Å². The molecular formula is C12H15IN2O2S. The van der Waals surface area contributed by atoms with Crippen molar-refractivity contribution in [1.82, 2.24) is 4.90 Å². The lowest BCUT2D eigenvalue weighted by molar-refractivity contribution is 0.0779. The second-order valence-corrected chi connectivity index (χ2v) is 5.55. The van der Waals surface area contributed by atoms with Crippen molar-refractivity contribution in [1.29, 1.82) is 0 Å². The van der Waals surface area contributed by atoms with Gasteiger partial charge in [0.1, 0.15) is 5.75 Å². The Bertz CT molecular complexity index is 465. The van der Waals surface area contributed by atoms with E-state index >= 15 is 0 Å². The van der Waals surface area contributed by atoms with Crippen molar-refractivity contribution in [3.8, 4) is 5.75 Å². The second kappa shape index (κ2) is 6.89. The number of phenols is 1. The summed E-state index contributed by atoms with van der Waals surface area (Å²) in [4.78, 5) is 14.1. The lowest BCUT2D eigenvalue weighted by atomic mass is 10.2. The maximum atomic E-state index is 12.2. The van der Waals surface area contributed by atoms with Crippen LogP contribution in [0, 0.1) is 3.57 Å². The number of benzene rings is 1. The number of phenolic OH excluding ortho intramolecular Hbond substituents is 1. The normalized spacial score (nSPS) is 10.1. The first-order valence-electron chi connectivity index (χ1n) is 5.51. The smallest absolute Gasteiger partial charge is 0.254 e. The topological polar surface area (TPSA) is 66.6 Å². The minimum atomic E-state index is -0.170. The Kier molecular flexibility index (Phi) is 5.80. The van der Waals surface area contributed by atoms with Crippen molar-refractivity contribution in [2.24, 2.45) is 5.73 Å². The van der Waals surface area contributed by atoms with E-state index in [9.17, 15) is 9.90 Å². The molecule has 0 atom stereocenters.